The van der Waals surface area contributed by atoms with Gasteiger partial charge in [-0.15, -0.1) is 10.2 Å². The fourth-order valence-electron chi connectivity index (χ4n) is 2.48. The lowest BCUT2D eigenvalue weighted by Gasteiger charge is -2.13. The van der Waals surface area contributed by atoms with E-state index in [4.69, 9.17) is 22.2 Å². The van der Waals surface area contributed by atoms with Crippen LogP contribution in [0.25, 0.3) is 11.4 Å². The molecule has 0 saturated heterocycles. The third-order valence-electron chi connectivity index (χ3n) is 4.19. The zero-order valence-corrected chi connectivity index (χ0v) is 17.2. The minimum atomic E-state index is -0.436. The first kappa shape index (κ1) is 20.0. The maximum Gasteiger partial charge on any atom is 0.237 e. The van der Waals surface area contributed by atoms with E-state index in [2.05, 4.69) is 15.5 Å². The summed E-state index contributed by atoms with van der Waals surface area (Å²) in [7, 11) is 1.60. The van der Waals surface area contributed by atoms with Crippen LogP contribution in [0.2, 0.25) is 5.02 Å². The number of nitrogens with zero attached hydrogens (tertiary/aromatic N) is 3. The topological polar surface area (TPSA) is 95.1 Å². The molecule has 1 heterocycles. The van der Waals surface area contributed by atoms with Crippen molar-refractivity contribution in [2.45, 2.75) is 24.3 Å². The Balaban J connectivity index is 1.71. The molecule has 146 valence electrons. The normalized spacial score (nSPS) is 11.9. The average Bonchev–Trinajstić information content (AvgIpc) is 3.05. The Morgan fingerprint density at radius 2 is 1.96 bits per heavy atom. The smallest absolute Gasteiger partial charge is 0.237 e. The average molecular weight is 418 g/mol. The third kappa shape index (κ3) is 4.23. The second-order valence-corrected chi connectivity index (χ2v) is 7.78. The van der Waals surface area contributed by atoms with Crippen LogP contribution in [0.5, 0.6) is 5.75 Å². The summed E-state index contributed by atoms with van der Waals surface area (Å²) in [6.45, 7) is 3.63. The number of aromatic nitrogens is 3. The van der Waals surface area contributed by atoms with Crippen LogP contribution in [-0.2, 0) is 4.79 Å². The number of rotatable bonds is 6. The Morgan fingerprint density at radius 1 is 1.25 bits per heavy atom. The van der Waals surface area contributed by atoms with Gasteiger partial charge in [-0.3, -0.25) is 4.79 Å². The number of amides is 1. The molecule has 3 N–H and O–H groups in total. The molecule has 3 aromatic rings. The molecule has 0 bridgehead atoms. The van der Waals surface area contributed by atoms with Gasteiger partial charge in [-0.2, -0.15) is 0 Å². The van der Waals surface area contributed by atoms with Gasteiger partial charge >= 0.3 is 0 Å². The first-order chi connectivity index (χ1) is 13.4. The highest BCUT2D eigenvalue weighted by Crippen LogP contribution is 2.28. The van der Waals surface area contributed by atoms with Crippen LogP contribution >= 0.6 is 23.4 Å². The Hall–Kier alpha value is -2.71. The monoisotopic (exact) mass is 417 g/mol. The van der Waals surface area contributed by atoms with Gasteiger partial charge in [0.05, 0.1) is 12.4 Å². The van der Waals surface area contributed by atoms with E-state index in [0.29, 0.717) is 21.7 Å². The molecule has 0 aliphatic carbocycles. The summed E-state index contributed by atoms with van der Waals surface area (Å²) in [4.78, 5) is 12.6. The van der Waals surface area contributed by atoms with E-state index in [0.717, 1.165) is 16.9 Å². The van der Waals surface area contributed by atoms with Gasteiger partial charge in [0, 0.05) is 16.3 Å². The van der Waals surface area contributed by atoms with Crippen LogP contribution in [0.3, 0.4) is 0 Å². The molecule has 9 heteroatoms. The molecule has 7 nitrogen and oxygen atoms in total. The summed E-state index contributed by atoms with van der Waals surface area (Å²) in [6.07, 6.45) is 0. The van der Waals surface area contributed by atoms with Crippen LogP contribution < -0.4 is 15.9 Å². The molecule has 28 heavy (non-hydrogen) atoms. The van der Waals surface area contributed by atoms with Crippen LogP contribution in [0.15, 0.2) is 47.6 Å². The molecule has 0 aliphatic rings. The number of anilines is 1. The molecular formula is C19H20ClN5O2S. The minimum absolute atomic E-state index is 0.177. The van der Waals surface area contributed by atoms with Crippen molar-refractivity contribution in [1.29, 1.82) is 0 Å². The van der Waals surface area contributed by atoms with Crippen molar-refractivity contribution < 1.29 is 9.53 Å². The second kappa shape index (κ2) is 8.53. The van der Waals surface area contributed by atoms with Crippen molar-refractivity contribution in [3.05, 3.63) is 53.1 Å². The molecule has 0 fully saturated rings. The van der Waals surface area contributed by atoms with Crippen molar-refractivity contribution >= 4 is 35.0 Å². The molecule has 1 aromatic heterocycles. The van der Waals surface area contributed by atoms with Crippen molar-refractivity contribution in [2.75, 3.05) is 18.3 Å². The summed E-state index contributed by atoms with van der Waals surface area (Å²) in [5.41, 5.74) is 2.30. The molecule has 0 spiro atoms. The Bertz CT molecular complexity index is 990. The molecule has 1 amide bonds. The number of ether oxygens (including phenoxy) is 1. The van der Waals surface area contributed by atoms with Crippen LogP contribution in [0.1, 0.15) is 12.5 Å². The largest absolute Gasteiger partial charge is 0.497 e. The number of methoxy groups -OCH3 is 1. The second-order valence-electron chi connectivity index (χ2n) is 6.07. The predicted molar refractivity (Wildman–Crippen MR) is 112 cm³/mol. The number of hydrogen-bond acceptors (Lipinski definition) is 6. The van der Waals surface area contributed by atoms with Crippen LogP contribution in [0, 0.1) is 6.92 Å². The number of benzene rings is 2. The zero-order valence-electron chi connectivity index (χ0n) is 15.6. The molecule has 1 atom stereocenters. The zero-order chi connectivity index (χ0) is 20.3. The number of nitrogens with one attached hydrogen (secondary N) is 1. The summed E-state index contributed by atoms with van der Waals surface area (Å²) in [5.74, 6) is 7.21. The number of carbonyl (C=O) groups is 1. The summed E-state index contributed by atoms with van der Waals surface area (Å²) >= 11 is 7.33. The van der Waals surface area contributed by atoms with Gasteiger partial charge in [0.25, 0.3) is 0 Å². The Labute approximate surface area is 172 Å². The highest BCUT2D eigenvalue weighted by molar-refractivity contribution is 8.00. The number of thioether (sulfide) groups is 1. The first-order valence-electron chi connectivity index (χ1n) is 8.48. The van der Waals surface area contributed by atoms with Gasteiger partial charge < -0.3 is 15.9 Å². The maximum atomic E-state index is 12.6. The van der Waals surface area contributed by atoms with Gasteiger partial charge in [0.15, 0.2) is 5.82 Å². The van der Waals surface area contributed by atoms with E-state index in [1.807, 2.05) is 37.3 Å². The Morgan fingerprint density at radius 3 is 2.64 bits per heavy atom. The minimum Gasteiger partial charge on any atom is -0.497 e. The van der Waals surface area contributed by atoms with Gasteiger partial charge in [0.2, 0.25) is 11.1 Å². The van der Waals surface area contributed by atoms with Crippen LogP contribution in [-0.4, -0.2) is 33.1 Å². The summed E-state index contributed by atoms with van der Waals surface area (Å²) in [5, 5.41) is 11.7. The fraction of sp³-hybridized carbons (Fsp3) is 0.211. The van der Waals surface area contributed by atoms with E-state index >= 15 is 0 Å². The highest BCUT2D eigenvalue weighted by Gasteiger charge is 2.20. The number of halogens is 1. The molecular weight excluding hydrogens is 398 g/mol. The van der Waals surface area contributed by atoms with Crippen molar-refractivity contribution in [2.24, 2.45) is 0 Å². The Kier molecular flexibility index (Phi) is 6.11. The van der Waals surface area contributed by atoms with Crippen molar-refractivity contribution in [1.82, 2.24) is 14.9 Å². The summed E-state index contributed by atoms with van der Waals surface area (Å²) in [6, 6.07) is 12.7. The molecule has 0 radical (unpaired) electrons. The molecule has 3 rings (SSSR count). The standard InChI is InChI=1S/C19H20ClN5O2S/c1-11-15(20)5-4-6-16(11)22-18(26)12(2)28-19-24-23-17(25(19)21)13-7-9-14(27-3)10-8-13/h4-10,12H,21H2,1-3H3,(H,22,26)/t12-/m1/s1. The number of carbonyl (C=O) groups excluding carboxylic acids is 1. The van der Waals surface area contributed by atoms with Gasteiger partial charge in [-0.1, -0.05) is 29.4 Å². The lowest BCUT2D eigenvalue weighted by atomic mass is 10.2. The van der Waals surface area contributed by atoms with Gasteiger partial charge in [0.1, 0.15) is 5.75 Å². The van der Waals surface area contributed by atoms with E-state index in [1.54, 1.807) is 26.2 Å². The van der Waals surface area contributed by atoms with Crippen LogP contribution in [0.4, 0.5) is 5.69 Å². The maximum absolute atomic E-state index is 12.6. The number of hydrogen-bond donors (Lipinski definition) is 2. The van der Waals surface area contributed by atoms with E-state index in [-0.39, 0.29) is 5.91 Å². The van der Waals surface area contributed by atoms with Gasteiger partial charge in [-0.25, -0.2) is 4.68 Å². The summed E-state index contributed by atoms with van der Waals surface area (Å²) < 4.78 is 6.53. The lowest BCUT2D eigenvalue weighted by molar-refractivity contribution is -0.115. The first-order valence-corrected chi connectivity index (χ1v) is 9.74. The number of nitrogens with two attached hydrogens (primary N) is 1. The quantitative estimate of drug-likeness (QED) is 0.468. The third-order valence-corrected chi connectivity index (χ3v) is 5.66. The number of nitrogen functional groups attached to an aromatic ring is 1. The van der Waals surface area contributed by atoms with E-state index in [9.17, 15) is 4.79 Å². The fourth-order valence-corrected chi connectivity index (χ4v) is 3.43. The van der Waals surface area contributed by atoms with Crippen molar-refractivity contribution in [3.63, 3.8) is 0 Å². The van der Waals surface area contributed by atoms with Crippen molar-refractivity contribution in [3.8, 4) is 17.1 Å². The van der Waals surface area contributed by atoms with E-state index in [1.165, 1.54) is 16.4 Å². The predicted octanol–water partition coefficient (Wildman–Crippen LogP) is 3.75. The lowest BCUT2D eigenvalue weighted by Crippen LogP contribution is -2.24. The highest BCUT2D eigenvalue weighted by atomic mass is 35.5. The molecule has 0 saturated carbocycles. The van der Waals surface area contributed by atoms with Gasteiger partial charge in [-0.05, 0) is 55.8 Å². The molecule has 0 unspecified atom stereocenters. The molecule has 0 aliphatic heterocycles. The molecule has 2 aromatic carbocycles. The SMILES string of the molecule is COc1ccc(-c2nnc(S[C@H](C)C(=O)Nc3cccc(Cl)c3C)n2N)cc1. The van der Waals surface area contributed by atoms with E-state index < -0.39 is 5.25 Å².